The molecule has 1 saturated heterocycles. The average Bonchev–Trinajstić information content (AvgIpc) is 3.16. The van der Waals surface area contributed by atoms with Crippen LogP contribution in [0.4, 0.5) is 0 Å². The molecule has 0 aromatic carbocycles. The number of nitrogens with zero attached hydrogens (tertiary/aromatic N) is 3. The minimum Gasteiger partial charge on any atom is -0.361 e. The lowest BCUT2D eigenvalue weighted by atomic mass is 10.0. The lowest BCUT2D eigenvalue weighted by Crippen LogP contribution is -2.32. The van der Waals surface area contributed by atoms with Crippen LogP contribution in [-0.4, -0.2) is 32.5 Å². The van der Waals surface area contributed by atoms with Crippen molar-refractivity contribution in [3.05, 3.63) is 34.7 Å². The van der Waals surface area contributed by atoms with Crippen LogP contribution in [0, 0.1) is 13.8 Å². The van der Waals surface area contributed by atoms with Gasteiger partial charge in [0.25, 0.3) is 5.91 Å². The molecule has 3 heterocycles. The van der Waals surface area contributed by atoms with Crippen molar-refractivity contribution in [1.82, 2.24) is 20.0 Å². The Labute approximate surface area is 129 Å². The van der Waals surface area contributed by atoms with Gasteiger partial charge in [-0.15, -0.1) is 0 Å². The van der Waals surface area contributed by atoms with Gasteiger partial charge in [-0.05, 0) is 32.6 Å². The van der Waals surface area contributed by atoms with Gasteiger partial charge in [-0.3, -0.25) is 4.79 Å². The number of rotatable bonds is 3. The second-order valence-electron chi connectivity index (χ2n) is 6.26. The summed E-state index contributed by atoms with van der Waals surface area (Å²) in [5, 5.41) is 4.06. The Kier molecular flexibility index (Phi) is 3.76. The quantitative estimate of drug-likeness (QED) is 0.945. The molecule has 1 atom stereocenters. The summed E-state index contributed by atoms with van der Waals surface area (Å²) in [6.45, 7) is 8.55. The van der Waals surface area contributed by atoms with Gasteiger partial charge in [0.2, 0.25) is 0 Å². The number of hydrogen-bond donors (Lipinski definition) is 1. The maximum absolute atomic E-state index is 13.0. The molecule has 1 aliphatic heterocycles. The van der Waals surface area contributed by atoms with E-state index in [2.05, 4.69) is 15.1 Å². The Morgan fingerprint density at radius 3 is 2.86 bits per heavy atom. The molecule has 2 aromatic heterocycles. The Bertz CT molecular complexity index is 686. The molecular formula is C16H22N4O2. The van der Waals surface area contributed by atoms with Crippen LogP contribution < -0.4 is 0 Å². The van der Waals surface area contributed by atoms with Crippen LogP contribution in [0.15, 0.2) is 10.7 Å². The Balaban J connectivity index is 1.93. The molecule has 6 heteroatoms. The van der Waals surface area contributed by atoms with Crippen LogP contribution in [0.2, 0.25) is 0 Å². The minimum atomic E-state index is -0.000923. The molecule has 1 amide bonds. The van der Waals surface area contributed by atoms with Gasteiger partial charge in [-0.2, -0.15) is 0 Å². The van der Waals surface area contributed by atoms with E-state index in [9.17, 15) is 4.79 Å². The topological polar surface area (TPSA) is 75.0 Å². The molecule has 118 valence electrons. The zero-order valence-electron chi connectivity index (χ0n) is 13.5. The summed E-state index contributed by atoms with van der Waals surface area (Å²) in [7, 11) is 0. The summed E-state index contributed by atoms with van der Waals surface area (Å²) in [5.41, 5.74) is 2.37. The second kappa shape index (κ2) is 5.59. The van der Waals surface area contributed by atoms with E-state index in [4.69, 9.17) is 4.52 Å². The molecule has 0 saturated carbocycles. The van der Waals surface area contributed by atoms with Crippen LogP contribution in [0.3, 0.4) is 0 Å². The van der Waals surface area contributed by atoms with Crippen LogP contribution in [0.1, 0.15) is 72.0 Å². The van der Waals surface area contributed by atoms with Gasteiger partial charge in [0.15, 0.2) is 0 Å². The molecule has 1 unspecified atom stereocenters. The summed E-state index contributed by atoms with van der Waals surface area (Å²) in [6.07, 6.45) is 3.72. The van der Waals surface area contributed by atoms with Crippen LogP contribution in [0.25, 0.3) is 0 Å². The molecule has 0 spiro atoms. The average molecular weight is 302 g/mol. The third-order valence-corrected chi connectivity index (χ3v) is 4.20. The Hall–Kier alpha value is -2.11. The molecule has 0 bridgehead atoms. The first-order valence-corrected chi connectivity index (χ1v) is 7.77. The summed E-state index contributed by atoms with van der Waals surface area (Å²) >= 11 is 0. The molecule has 2 aromatic rings. The largest absolute Gasteiger partial charge is 0.361 e. The number of aryl methyl sites for hydroxylation is 2. The van der Waals surface area contributed by atoms with Crippen molar-refractivity contribution in [2.45, 2.75) is 52.5 Å². The second-order valence-corrected chi connectivity index (χ2v) is 6.26. The van der Waals surface area contributed by atoms with Crippen molar-refractivity contribution >= 4 is 5.91 Å². The first kappa shape index (κ1) is 14.8. The number of aromatic nitrogens is 3. The van der Waals surface area contributed by atoms with Gasteiger partial charge < -0.3 is 14.4 Å². The van der Waals surface area contributed by atoms with E-state index >= 15 is 0 Å². The Morgan fingerprint density at radius 1 is 1.45 bits per heavy atom. The molecule has 0 aliphatic carbocycles. The number of carbonyl (C=O) groups is 1. The summed E-state index contributed by atoms with van der Waals surface area (Å²) in [5.74, 6) is 1.61. The van der Waals surface area contributed by atoms with Gasteiger partial charge in [-0.1, -0.05) is 19.0 Å². The number of amides is 1. The highest BCUT2D eigenvalue weighted by atomic mass is 16.5. The van der Waals surface area contributed by atoms with Crippen molar-refractivity contribution in [3.63, 3.8) is 0 Å². The van der Waals surface area contributed by atoms with Gasteiger partial charge in [0, 0.05) is 18.4 Å². The highest BCUT2D eigenvalue weighted by molar-refractivity contribution is 5.96. The van der Waals surface area contributed by atoms with E-state index in [-0.39, 0.29) is 17.9 Å². The molecule has 6 nitrogen and oxygen atoms in total. The lowest BCUT2D eigenvalue weighted by molar-refractivity contribution is 0.0727. The number of imidazole rings is 1. The molecule has 1 N–H and O–H groups in total. The Morgan fingerprint density at radius 2 is 2.23 bits per heavy atom. The van der Waals surface area contributed by atoms with E-state index < -0.39 is 0 Å². The maximum Gasteiger partial charge on any atom is 0.260 e. The van der Waals surface area contributed by atoms with Crippen LogP contribution >= 0.6 is 0 Å². The molecule has 0 radical (unpaired) electrons. The van der Waals surface area contributed by atoms with Crippen molar-refractivity contribution in [3.8, 4) is 0 Å². The fraction of sp³-hybridized carbons (Fsp3) is 0.562. The summed E-state index contributed by atoms with van der Waals surface area (Å²) in [4.78, 5) is 22.6. The van der Waals surface area contributed by atoms with Crippen molar-refractivity contribution in [2.24, 2.45) is 0 Å². The monoisotopic (exact) mass is 302 g/mol. The molecule has 3 rings (SSSR count). The highest BCUT2D eigenvalue weighted by Crippen LogP contribution is 2.33. The standard InChI is InChI=1S/C16H22N4O2/c1-9(2)14-13(11(4)22-19-14)16(21)20-7-5-6-12(20)15-17-8-10(3)18-15/h8-9,12H,5-7H2,1-4H3,(H,17,18). The van der Waals surface area contributed by atoms with Crippen molar-refractivity contribution in [1.29, 1.82) is 0 Å². The number of nitrogens with one attached hydrogen (secondary N) is 1. The number of carbonyl (C=O) groups excluding carboxylic acids is 1. The van der Waals surface area contributed by atoms with Gasteiger partial charge >= 0.3 is 0 Å². The lowest BCUT2D eigenvalue weighted by Gasteiger charge is -2.23. The minimum absolute atomic E-state index is 0.000923. The zero-order chi connectivity index (χ0) is 15.9. The van der Waals surface area contributed by atoms with E-state index in [0.29, 0.717) is 11.3 Å². The van der Waals surface area contributed by atoms with Gasteiger partial charge in [0.05, 0.1) is 11.7 Å². The fourth-order valence-corrected chi connectivity index (χ4v) is 3.08. The van der Waals surface area contributed by atoms with E-state index in [1.807, 2.05) is 25.7 Å². The molecule has 1 fully saturated rings. The predicted molar refractivity (Wildman–Crippen MR) is 81.7 cm³/mol. The normalized spacial score (nSPS) is 18.4. The fourth-order valence-electron chi connectivity index (χ4n) is 3.08. The third-order valence-electron chi connectivity index (χ3n) is 4.20. The summed E-state index contributed by atoms with van der Waals surface area (Å²) < 4.78 is 5.26. The molecule has 1 aliphatic rings. The number of H-pyrrole nitrogens is 1. The zero-order valence-corrected chi connectivity index (χ0v) is 13.5. The predicted octanol–water partition coefficient (Wildman–Crippen LogP) is 3.12. The molecule has 22 heavy (non-hydrogen) atoms. The van der Waals surface area contributed by atoms with E-state index in [1.165, 1.54) is 0 Å². The summed E-state index contributed by atoms with van der Waals surface area (Å²) in [6, 6.07) is 0.00973. The van der Waals surface area contributed by atoms with E-state index in [1.54, 1.807) is 13.1 Å². The van der Waals surface area contributed by atoms with Gasteiger partial charge in [-0.25, -0.2) is 4.98 Å². The smallest absolute Gasteiger partial charge is 0.260 e. The third kappa shape index (κ3) is 2.42. The maximum atomic E-state index is 13.0. The van der Waals surface area contributed by atoms with Crippen LogP contribution in [-0.2, 0) is 0 Å². The van der Waals surface area contributed by atoms with Gasteiger partial charge in [0.1, 0.15) is 17.1 Å². The number of likely N-dealkylation sites (tertiary alicyclic amines) is 1. The van der Waals surface area contributed by atoms with E-state index in [0.717, 1.165) is 36.6 Å². The first-order chi connectivity index (χ1) is 10.5. The number of aromatic amines is 1. The van der Waals surface area contributed by atoms with Crippen LogP contribution in [0.5, 0.6) is 0 Å². The SMILES string of the molecule is Cc1cnc(C2CCCN2C(=O)c2c(C(C)C)noc2C)[nH]1. The first-order valence-electron chi connectivity index (χ1n) is 7.77. The van der Waals surface area contributed by atoms with Crippen molar-refractivity contribution < 1.29 is 9.32 Å². The highest BCUT2D eigenvalue weighted by Gasteiger charge is 2.35. The number of hydrogen-bond acceptors (Lipinski definition) is 4. The molecular weight excluding hydrogens is 280 g/mol. The van der Waals surface area contributed by atoms with Crippen molar-refractivity contribution in [2.75, 3.05) is 6.54 Å².